The molecule has 1 aromatic carbocycles. The minimum absolute atomic E-state index is 0.0369. The molecule has 0 bridgehead atoms. The summed E-state index contributed by atoms with van der Waals surface area (Å²) in [5.74, 6) is 1.77. The van der Waals surface area contributed by atoms with Crippen LogP contribution in [0.5, 0.6) is 0 Å². The summed E-state index contributed by atoms with van der Waals surface area (Å²) in [6, 6.07) is 4.00. The molecule has 1 amide bonds. The Morgan fingerprint density at radius 3 is 2.67 bits per heavy atom. The molecule has 0 aromatic heterocycles. The van der Waals surface area contributed by atoms with Crippen LogP contribution in [-0.4, -0.2) is 26.0 Å². The van der Waals surface area contributed by atoms with E-state index in [0.29, 0.717) is 0 Å². The van der Waals surface area contributed by atoms with Crippen molar-refractivity contribution in [2.24, 2.45) is 11.8 Å². The van der Waals surface area contributed by atoms with Gasteiger partial charge in [-0.15, -0.1) is 0 Å². The van der Waals surface area contributed by atoms with Crippen molar-refractivity contribution in [1.82, 2.24) is 5.32 Å². The Hall–Kier alpha value is -1.07. The molecule has 1 saturated carbocycles. The maximum absolute atomic E-state index is 12.0. The molecule has 3 aliphatic rings. The molecule has 2 aliphatic heterocycles. The number of anilines is 2. The van der Waals surface area contributed by atoms with Crippen LogP contribution in [0.15, 0.2) is 16.6 Å². The van der Waals surface area contributed by atoms with Crippen LogP contribution in [0, 0.1) is 11.8 Å². The van der Waals surface area contributed by atoms with Gasteiger partial charge < -0.3 is 15.5 Å². The molecular formula is C16H20BrN3O. The van der Waals surface area contributed by atoms with Crippen LogP contribution in [0.4, 0.5) is 11.4 Å². The summed E-state index contributed by atoms with van der Waals surface area (Å²) in [4.78, 5) is 14.4. The third-order valence-corrected chi connectivity index (χ3v) is 5.94. The monoisotopic (exact) mass is 349 g/mol. The number of hydrogen-bond donors (Lipinski definition) is 2. The lowest BCUT2D eigenvalue weighted by Gasteiger charge is -2.22. The molecule has 5 heteroatoms. The number of amides is 1. The van der Waals surface area contributed by atoms with Crippen LogP contribution in [0.3, 0.4) is 0 Å². The molecule has 3 unspecified atom stereocenters. The van der Waals surface area contributed by atoms with Crippen LogP contribution in [0.1, 0.15) is 30.9 Å². The van der Waals surface area contributed by atoms with Gasteiger partial charge in [0, 0.05) is 28.8 Å². The first kappa shape index (κ1) is 13.6. The van der Waals surface area contributed by atoms with E-state index in [1.807, 2.05) is 7.05 Å². The lowest BCUT2D eigenvalue weighted by molar-refractivity contribution is -0.117. The van der Waals surface area contributed by atoms with Gasteiger partial charge in [0.05, 0.1) is 5.69 Å². The second-order valence-electron chi connectivity index (χ2n) is 6.46. The molecular weight excluding hydrogens is 330 g/mol. The third-order valence-electron chi connectivity index (χ3n) is 5.31. The van der Waals surface area contributed by atoms with Crippen LogP contribution in [-0.2, 0) is 4.79 Å². The number of carbonyl (C=O) groups excluding carboxylic acids is 1. The van der Waals surface area contributed by atoms with E-state index in [1.165, 1.54) is 24.9 Å². The largest absolute Gasteiger partial charge is 0.370 e. The summed E-state index contributed by atoms with van der Waals surface area (Å²) in [6.07, 6.45) is 4.15. The number of likely N-dealkylation sites (N-methyl/N-ethyl adjacent to an activating group) is 1. The van der Waals surface area contributed by atoms with Gasteiger partial charge in [-0.25, -0.2) is 0 Å². The second-order valence-corrected chi connectivity index (χ2v) is 7.31. The lowest BCUT2D eigenvalue weighted by Crippen LogP contribution is -2.23. The standard InChI is InChI=1S/C16H20BrN3O/c1-18-15-11-5-12(17)14(6-13(11)19-16(15)21)20-7-9-3-2-4-10(9)8-20/h5-6,9-10,15,18H,2-4,7-8H2,1H3,(H,19,21). The Morgan fingerprint density at radius 1 is 1.29 bits per heavy atom. The maximum atomic E-state index is 12.0. The fourth-order valence-corrected chi connectivity index (χ4v) is 4.84. The molecule has 3 atom stereocenters. The van der Waals surface area contributed by atoms with E-state index in [-0.39, 0.29) is 11.9 Å². The average Bonchev–Trinajstić information content (AvgIpc) is 3.09. The molecule has 4 rings (SSSR count). The summed E-state index contributed by atoms with van der Waals surface area (Å²) in [7, 11) is 1.82. The molecule has 0 radical (unpaired) electrons. The van der Waals surface area contributed by atoms with E-state index in [1.54, 1.807) is 0 Å². The highest BCUT2D eigenvalue weighted by Crippen LogP contribution is 2.44. The van der Waals surface area contributed by atoms with Crippen molar-refractivity contribution in [3.05, 3.63) is 22.2 Å². The molecule has 1 saturated heterocycles. The normalized spacial score (nSPS) is 30.5. The summed E-state index contributed by atoms with van der Waals surface area (Å²) >= 11 is 3.71. The first-order chi connectivity index (χ1) is 10.2. The van der Waals surface area contributed by atoms with Gasteiger partial charge in [0.2, 0.25) is 5.91 Å². The molecule has 112 valence electrons. The van der Waals surface area contributed by atoms with Gasteiger partial charge in [0.25, 0.3) is 0 Å². The lowest BCUT2D eigenvalue weighted by atomic mass is 10.0. The van der Waals surface area contributed by atoms with Gasteiger partial charge in [-0.1, -0.05) is 6.42 Å². The van der Waals surface area contributed by atoms with Crippen LogP contribution >= 0.6 is 15.9 Å². The molecule has 21 heavy (non-hydrogen) atoms. The molecule has 0 spiro atoms. The fraction of sp³-hybridized carbons (Fsp3) is 0.562. The number of fused-ring (bicyclic) bond motifs is 2. The van der Waals surface area contributed by atoms with Crippen molar-refractivity contribution in [2.45, 2.75) is 25.3 Å². The number of halogens is 1. The van der Waals surface area contributed by atoms with Crippen molar-refractivity contribution in [3.8, 4) is 0 Å². The van der Waals surface area contributed by atoms with Gasteiger partial charge >= 0.3 is 0 Å². The Bertz CT molecular complexity index is 591. The summed E-state index contributed by atoms with van der Waals surface area (Å²) in [6.45, 7) is 2.32. The Morgan fingerprint density at radius 2 is 2.00 bits per heavy atom. The van der Waals surface area contributed by atoms with E-state index in [9.17, 15) is 4.79 Å². The van der Waals surface area contributed by atoms with Gasteiger partial charge in [0.1, 0.15) is 6.04 Å². The zero-order valence-corrected chi connectivity index (χ0v) is 13.7. The Labute approximate surface area is 133 Å². The topological polar surface area (TPSA) is 44.4 Å². The first-order valence-electron chi connectivity index (χ1n) is 7.74. The number of nitrogens with one attached hydrogen (secondary N) is 2. The maximum Gasteiger partial charge on any atom is 0.246 e. The van der Waals surface area contributed by atoms with E-state index < -0.39 is 0 Å². The minimum atomic E-state index is -0.233. The number of hydrogen-bond acceptors (Lipinski definition) is 3. The number of benzene rings is 1. The Balaban J connectivity index is 1.66. The zero-order valence-electron chi connectivity index (χ0n) is 12.2. The summed E-state index contributed by atoms with van der Waals surface area (Å²) in [5, 5.41) is 6.06. The number of rotatable bonds is 2. The van der Waals surface area contributed by atoms with Crippen molar-refractivity contribution < 1.29 is 4.79 Å². The van der Waals surface area contributed by atoms with Crippen LogP contribution in [0.2, 0.25) is 0 Å². The van der Waals surface area contributed by atoms with Gasteiger partial charge in [-0.05, 0) is 59.8 Å². The SMILES string of the molecule is CNC1C(=O)Nc2cc(N3CC4CCCC4C3)c(Br)cc21. The van der Waals surface area contributed by atoms with Crippen molar-refractivity contribution in [2.75, 3.05) is 30.4 Å². The molecule has 4 nitrogen and oxygen atoms in total. The summed E-state index contributed by atoms with van der Waals surface area (Å²) in [5.41, 5.74) is 3.22. The molecule has 2 heterocycles. The van der Waals surface area contributed by atoms with Crippen LogP contribution < -0.4 is 15.5 Å². The molecule has 1 aliphatic carbocycles. The summed E-state index contributed by atoms with van der Waals surface area (Å²) < 4.78 is 1.10. The molecule has 1 aromatic rings. The number of carbonyl (C=O) groups is 1. The Kier molecular flexibility index (Phi) is 3.23. The number of nitrogens with zero attached hydrogens (tertiary/aromatic N) is 1. The highest BCUT2D eigenvalue weighted by molar-refractivity contribution is 9.10. The smallest absolute Gasteiger partial charge is 0.246 e. The second kappa shape index (κ2) is 4.99. The van der Waals surface area contributed by atoms with Gasteiger partial charge in [0.15, 0.2) is 0 Å². The zero-order chi connectivity index (χ0) is 14.6. The van der Waals surface area contributed by atoms with E-state index in [0.717, 1.165) is 40.6 Å². The highest BCUT2D eigenvalue weighted by Gasteiger charge is 2.37. The quantitative estimate of drug-likeness (QED) is 0.862. The molecule has 2 N–H and O–H groups in total. The van der Waals surface area contributed by atoms with Gasteiger partial charge in [-0.3, -0.25) is 4.79 Å². The van der Waals surface area contributed by atoms with E-state index in [2.05, 4.69) is 43.6 Å². The third kappa shape index (κ3) is 2.09. The van der Waals surface area contributed by atoms with Crippen molar-refractivity contribution >= 4 is 33.2 Å². The van der Waals surface area contributed by atoms with Crippen LogP contribution in [0.25, 0.3) is 0 Å². The first-order valence-corrected chi connectivity index (χ1v) is 8.53. The van der Waals surface area contributed by atoms with Crippen molar-refractivity contribution in [1.29, 1.82) is 0 Å². The van der Waals surface area contributed by atoms with Gasteiger partial charge in [-0.2, -0.15) is 0 Å². The predicted octanol–water partition coefficient (Wildman–Crippen LogP) is 2.90. The van der Waals surface area contributed by atoms with Crippen molar-refractivity contribution in [3.63, 3.8) is 0 Å². The van der Waals surface area contributed by atoms with E-state index >= 15 is 0 Å². The molecule has 2 fully saturated rings. The fourth-order valence-electron chi connectivity index (χ4n) is 4.23. The highest BCUT2D eigenvalue weighted by atomic mass is 79.9. The predicted molar refractivity (Wildman–Crippen MR) is 87.6 cm³/mol. The van der Waals surface area contributed by atoms with E-state index in [4.69, 9.17) is 0 Å². The average molecular weight is 350 g/mol. The minimum Gasteiger partial charge on any atom is -0.370 e.